The zero-order valence-corrected chi connectivity index (χ0v) is 62.0. The molecule has 15 atom stereocenters. The van der Waals surface area contributed by atoms with Gasteiger partial charge in [-0.05, 0) is 132 Å². The first-order valence-electron chi connectivity index (χ1n) is 33.5. The Kier molecular flexibility index (Phi) is 37.2. The number of fused-ring (bicyclic) bond motifs is 3. The number of methoxy groups -OCH3 is 3. The van der Waals surface area contributed by atoms with Gasteiger partial charge in [0.1, 0.15) is 41.0 Å². The zero-order chi connectivity index (χ0) is 73.8. The van der Waals surface area contributed by atoms with Gasteiger partial charge in [0.25, 0.3) is 17.9 Å². The van der Waals surface area contributed by atoms with E-state index in [2.05, 4.69) is 19.3 Å². The number of phosphoric acid groups is 1. The summed E-state index contributed by atoms with van der Waals surface area (Å²) in [6.07, 6.45) is 15.0. The number of rotatable bonds is 17. The SMILES string of the molecule is CCN(Cc1ccc(Cl)nc1)/C(=C/[N+](=O)[O-])NC.COP(=O)(OC)O/C(C)=C/C(=O)N(C)C.CO[C@H]1C[C@@H]2CC[C@@H](C)[C@@](O)(O2)C(=O)C(=O)N2CCCC[C@H]2C(=O)O[C@H]([C@H](C)C[C@@H]2CC[C@@H](O)[C@H](OC)C2)CC(=O)[C@H](C)/C=C(\C)[C@@H](O)[C@@H](OC)C(=O)[C@H](C)C[C@H](C)/C=C/C=C/C=C/1C. The standard InChI is InChI=1S/C51H79NO13.C11H15ClN4O2.C8H16NO5P/c1-30-16-12-11-13-17-31(2)42(61-8)28-38-21-19-36(7)51(60,65-38)48(57)49(58)52-23-15-14-18-39(52)50(59)64-43(33(4)26-37-20-22-40(53)44(27-37)62-9)29-41(54)32(3)25-35(6)46(56)47(63-10)45(55)34(5)24-30;1-3-15(11(13-2)8-16(17)18)7-9-4-5-10(12)14-6-9;1-7(6-8(10)9(2)3)14-15(11,12-4)13-5/h11-13,16-17,25,30,32-34,36-40,42-44,46-47,53,56,60H,14-15,18-24,26-29H2,1-10H3;4-6,8,13H,3,7H2,1-2H3;6H,1-5H3/b13-11+,16-12+,31-17+,35-25+;11-8+;7-6+/t30-,32-,33-,34-,36-,37+,38+,39+,40-,42+,43+,44-,46-,47+,51-;;/m1../s1. The first-order valence-corrected chi connectivity index (χ1v) is 35.4. The molecule has 2 amide bonds. The zero-order valence-electron chi connectivity index (χ0n) is 60.4. The molecule has 0 aromatic carbocycles. The molecule has 5 rings (SSSR count). The van der Waals surface area contributed by atoms with Gasteiger partial charge in [-0.25, -0.2) is 14.3 Å². The minimum Gasteiger partial charge on any atom is -0.460 e. The van der Waals surface area contributed by atoms with E-state index < -0.39 is 96.6 Å². The number of nitro groups is 1. The average molecular weight is 1420 g/mol. The van der Waals surface area contributed by atoms with Crippen LogP contribution in [0, 0.1) is 45.6 Å². The maximum absolute atomic E-state index is 14.4. The third-order valence-corrected chi connectivity index (χ3v) is 19.9. The van der Waals surface area contributed by atoms with E-state index in [1.54, 1.807) is 74.5 Å². The summed E-state index contributed by atoms with van der Waals surface area (Å²) in [6, 6.07) is 2.40. The van der Waals surface area contributed by atoms with Gasteiger partial charge in [0.05, 0.1) is 29.3 Å². The summed E-state index contributed by atoms with van der Waals surface area (Å²) < 4.78 is 54.8. The normalized spacial score (nSPS) is 30.8. The van der Waals surface area contributed by atoms with Gasteiger partial charge in [-0.2, -0.15) is 0 Å². The first kappa shape index (κ1) is 86.2. The molecule has 1 saturated carbocycles. The summed E-state index contributed by atoms with van der Waals surface area (Å²) in [5.74, 6) is -7.61. The number of ketones is 3. The first-order chi connectivity index (χ1) is 46.2. The predicted octanol–water partition coefficient (Wildman–Crippen LogP) is 9.43. The Morgan fingerprint density at radius 3 is 2.20 bits per heavy atom. The molecule has 4 heterocycles. The molecule has 552 valence electrons. The molecule has 0 spiro atoms. The Labute approximate surface area is 584 Å². The van der Waals surface area contributed by atoms with Crippen LogP contribution < -0.4 is 5.32 Å². The molecule has 28 heteroatoms. The molecule has 2 saturated heterocycles. The summed E-state index contributed by atoms with van der Waals surface area (Å²) in [5.41, 5.74) is 2.20. The maximum Gasteiger partial charge on any atom is 0.529 e. The molecule has 1 aromatic rings. The van der Waals surface area contributed by atoms with Crippen LogP contribution in [0.4, 0.5) is 0 Å². The van der Waals surface area contributed by atoms with Crippen LogP contribution >= 0.6 is 19.4 Å². The Hall–Kier alpha value is -6.03. The highest BCUT2D eigenvalue weighted by molar-refractivity contribution is 7.48. The van der Waals surface area contributed by atoms with Crippen molar-refractivity contribution in [2.24, 2.45) is 35.5 Å². The number of phosphoric ester groups is 1. The number of amides is 2. The minimum atomic E-state index is -3.56. The van der Waals surface area contributed by atoms with Crippen molar-refractivity contribution in [2.45, 2.75) is 200 Å². The number of halogens is 1. The molecule has 98 heavy (non-hydrogen) atoms. The van der Waals surface area contributed by atoms with Crippen molar-refractivity contribution in [2.75, 3.05) is 69.8 Å². The molecule has 4 aliphatic rings. The highest BCUT2D eigenvalue weighted by Crippen LogP contribution is 2.49. The molecule has 0 radical (unpaired) electrons. The van der Waals surface area contributed by atoms with Crippen LogP contribution in [0.3, 0.4) is 0 Å². The molecular formula is C70H110ClN6O20P. The second-order valence-corrected chi connectivity index (χ2v) is 28.2. The summed E-state index contributed by atoms with van der Waals surface area (Å²) >= 11 is 5.70. The van der Waals surface area contributed by atoms with Gasteiger partial charge in [-0.3, -0.25) is 43.1 Å². The van der Waals surface area contributed by atoms with Gasteiger partial charge in [-0.1, -0.05) is 88.7 Å². The van der Waals surface area contributed by atoms with Crippen molar-refractivity contribution in [3.05, 3.63) is 111 Å². The van der Waals surface area contributed by atoms with Crippen LogP contribution in [0.15, 0.2) is 89.8 Å². The molecule has 0 unspecified atom stereocenters. The number of hydrogen-bond donors (Lipinski definition) is 4. The summed E-state index contributed by atoms with van der Waals surface area (Å²) in [6.45, 7) is 17.3. The molecule has 26 nitrogen and oxygen atoms in total. The fourth-order valence-electron chi connectivity index (χ4n) is 12.3. The van der Waals surface area contributed by atoms with E-state index in [4.69, 9.17) is 39.8 Å². The number of cyclic esters (lactones) is 1. The number of hydrogen-bond acceptors (Lipinski definition) is 23. The second-order valence-electron chi connectivity index (χ2n) is 26.0. The highest BCUT2D eigenvalue weighted by Gasteiger charge is 2.53. The van der Waals surface area contributed by atoms with E-state index in [0.29, 0.717) is 87.4 Å². The quantitative estimate of drug-likeness (QED) is 0.0130. The molecule has 1 aromatic heterocycles. The van der Waals surface area contributed by atoms with Crippen molar-refractivity contribution in [3.63, 3.8) is 0 Å². The van der Waals surface area contributed by atoms with Crippen LogP contribution in [0.25, 0.3) is 0 Å². The number of esters is 1. The number of aliphatic hydroxyl groups excluding tert-OH is 2. The maximum atomic E-state index is 14.4. The number of carbonyl (C=O) groups is 6. The van der Waals surface area contributed by atoms with E-state index in [9.17, 15) is 58.8 Å². The lowest BCUT2D eigenvalue weighted by atomic mass is 9.78. The number of allylic oxidation sites excluding steroid dienone is 7. The van der Waals surface area contributed by atoms with Crippen molar-refractivity contribution in [3.8, 4) is 0 Å². The van der Waals surface area contributed by atoms with Gasteiger partial charge < -0.3 is 63.5 Å². The number of piperidine rings is 1. The average Bonchev–Trinajstić information content (AvgIpc) is 0.774. The fraction of sp³-hybridized carbons (Fsp3) is 0.671. The van der Waals surface area contributed by atoms with E-state index in [1.807, 2.05) is 76.0 Å². The van der Waals surface area contributed by atoms with Crippen LogP contribution in [0.1, 0.15) is 145 Å². The van der Waals surface area contributed by atoms with Gasteiger partial charge in [0.2, 0.25) is 11.7 Å². The number of nitrogens with zero attached hydrogens (tertiary/aromatic N) is 5. The van der Waals surface area contributed by atoms with Gasteiger partial charge >= 0.3 is 13.8 Å². The van der Waals surface area contributed by atoms with Crippen molar-refractivity contribution in [1.29, 1.82) is 0 Å². The van der Waals surface area contributed by atoms with Gasteiger partial charge in [-0.15, -0.1) is 0 Å². The second kappa shape index (κ2) is 42.3. The van der Waals surface area contributed by atoms with Crippen LogP contribution in [0.5, 0.6) is 0 Å². The summed E-state index contributed by atoms with van der Waals surface area (Å²) in [4.78, 5) is 100. The largest absolute Gasteiger partial charge is 0.529 e. The minimum absolute atomic E-state index is 0.0193. The van der Waals surface area contributed by atoms with Crippen molar-refractivity contribution in [1.82, 2.24) is 25.0 Å². The molecule has 3 aliphatic heterocycles. The van der Waals surface area contributed by atoms with E-state index in [-0.39, 0.29) is 66.5 Å². The predicted molar refractivity (Wildman–Crippen MR) is 370 cm³/mol. The van der Waals surface area contributed by atoms with E-state index >= 15 is 0 Å². The van der Waals surface area contributed by atoms with Gasteiger partial charge in [0, 0.05) is 119 Å². The Morgan fingerprint density at radius 2 is 1.62 bits per heavy atom. The molecular weight excluding hydrogens is 1310 g/mol. The number of ether oxygens (including phenoxy) is 5. The number of aromatic nitrogens is 1. The van der Waals surface area contributed by atoms with Crippen LogP contribution in [-0.2, 0) is 77.1 Å². The smallest absolute Gasteiger partial charge is 0.460 e. The summed E-state index contributed by atoms with van der Waals surface area (Å²) in [7, 11) is 8.20. The number of pyridine rings is 1. The van der Waals surface area contributed by atoms with Crippen LogP contribution in [-0.4, -0.2) is 199 Å². The molecule has 4 N–H and O–H groups in total. The van der Waals surface area contributed by atoms with Crippen molar-refractivity contribution >= 4 is 54.6 Å². The number of nitrogens with one attached hydrogen (secondary N) is 1. The number of likely N-dealkylation sites (N-methyl/N-ethyl adjacent to an activating group) is 1. The highest BCUT2D eigenvalue weighted by atomic mass is 35.5. The number of carbonyl (C=O) groups excluding carboxylic acids is 6. The van der Waals surface area contributed by atoms with E-state index in [1.165, 1.54) is 44.1 Å². The van der Waals surface area contributed by atoms with E-state index in [0.717, 1.165) is 23.8 Å². The van der Waals surface area contributed by atoms with Crippen LogP contribution in [0.2, 0.25) is 5.15 Å². The number of Topliss-reactive ketones (excluding diaryl/α,β-unsaturated/α-hetero) is 3. The Bertz CT molecular complexity index is 3010. The third-order valence-electron chi connectivity index (χ3n) is 18.3. The Morgan fingerprint density at radius 1 is 0.939 bits per heavy atom. The Balaban J connectivity index is 0.000000614. The number of aliphatic hydroxyl groups is 3. The lowest BCUT2D eigenvalue weighted by Gasteiger charge is -2.42. The molecule has 3 fully saturated rings. The fourth-order valence-corrected chi connectivity index (χ4v) is 13.1. The monoisotopic (exact) mass is 1420 g/mol. The van der Waals surface area contributed by atoms with Gasteiger partial charge in [0.15, 0.2) is 11.6 Å². The lowest BCUT2D eigenvalue weighted by Crippen LogP contribution is -2.61. The molecule has 2 bridgehead atoms. The molecule has 1 aliphatic carbocycles. The third kappa shape index (κ3) is 26.8. The summed E-state index contributed by atoms with van der Waals surface area (Å²) in [5, 5.41) is 47.6. The van der Waals surface area contributed by atoms with Crippen molar-refractivity contribution < 1.29 is 90.8 Å². The lowest BCUT2D eigenvalue weighted by molar-refractivity contribution is -0.404. The topological polar surface area (TPSA) is 332 Å².